The minimum Gasteiger partial charge on any atom is -0.748 e. The molecular weight excluding hydrogens is 457 g/mol. The van der Waals surface area contributed by atoms with Gasteiger partial charge in [0.05, 0.1) is 10.1 Å². The van der Waals surface area contributed by atoms with Crippen molar-refractivity contribution < 1.29 is 47.3 Å². The Morgan fingerprint density at radius 3 is 1.53 bits per heavy atom. The van der Waals surface area contributed by atoms with Crippen molar-refractivity contribution in [2.45, 2.75) is 135 Å². The van der Waals surface area contributed by atoms with Crippen LogP contribution in [0.3, 0.4) is 0 Å². The van der Waals surface area contributed by atoms with Crippen LogP contribution in [0, 0.1) is 0 Å². The van der Waals surface area contributed by atoms with E-state index in [2.05, 4.69) is 6.92 Å². The normalized spacial score (nSPS) is 11.6. The van der Waals surface area contributed by atoms with E-state index < -0.39 is 10.1 Å². The van der Waals surface area contributed by atoms with Gasteiger partial charge in [-0.25, -0.2) is 8.42 Å². The van der Waals surface area contributed by atoms with Crippen LogP contribution in [-0.2, 0) is 14.9 Å². The van der Waals surface area contributed by atoms with E-state index in [0.717, 1.165) is 12.8 Å². The Balaban J connectivity index is 0. The predicted octanol–water partition coefficient (Wildman–Crippen LogP) is 4.37. The summed E-state index contributed by atoms with van der Waals surface area (Å²) in [6, 6.07) is 0. The van der Waals surface area contributed by atoms with Crippen molar-refractivity contribution in [1.82, 2.24) is 4.90 Å². The molecule has 34 heavy (non-hydrogen) atoms. The third kappa shape index (κ3) is 28.4. The smallest absolute Gasteiger partial charge is 0.748 e. The summed E-state index contributed by atoms with van der Waals surface area (Å²) in [5.74, 6) is -0.420. The zero-order valence-corrected chi connectivity index (χ0v) is 25.5. The molecule has 0 aliphatic heterocycles. The summed E-state index contributed by atoms with van der Waals surface area (Å²) in [7, 11) is -2.45. The predicted molar refractivity (Wildman–Crippen MR) is 139 cm³/mol. The SMILES string of the molecule is CCCCCCCCCCCCCCCCCCC/C=C/C(=O)N(C)CCCCS(=O)(=O)[O-].[Na+]. The van der Waals surface area contributed by atoms with Gasteiger partial charge in [-0.2, -0.15) is 0 Å². The standard InChI is InChI=1S/C27H53NO4S.Na/c1-3-4-5-6-7-8-9-10-11-12-13-14-15-16-17-18-19-20-21-24-27(29)28(2)25-22-23-26-33(30,31)32;/h21,24H,3-20,22-23,25-26H2,1-2H3,(H,30,31,32);/q;+1/p-1/b24-21+;. The van der Waals surface area contributed by atoms with Crippen molar-refractivity contribution in [3.63, 3.8) is 0 Å². The van der Waals surface area contributed by atoms with Gasteiger partial charge in [0.2, 0.25) is 5.91 Å². The van der Waals surface area contributed by atoms with Crippen LogP contribution in [0.5, 0.6) is 0 Å². The third-order valence-corrected chi connectivity index (χ3v) is 7.04. The summed E-state index contributed by atoms with van der Waals surface area (Å²) in [6.45, 7) is 2.74. The van der Waals surface area contributed by atoms with Gasteiger partial charge in [-0.1, -0.05) is 116 Å². The Morgan fingerprint density at radius 2 is 1.12 bits per heavy atom. The van der Waals surface area contributed by atoms with Crippen molar-refractivity contribution in [1.29, 1.82) is 0 Å². The number of likely N-dealkylation sites (N-methyl/N-ethyl adjacent to an activating group) is 1. The molecule has 0 saturated carbocycles. The van der Waals surface area contributed by atoms with E-state index in [4.69, 9.17) is 0 Å². The van der Waals surface area contributed by atoms with E-state index in [0.29, 0.717) is 19.4 Å². The van der Waals surface area contributed by atoms with E-state index in [1.807, 2.05) is 6.08 Å². The molecule has 0 unspecified atom stereocenters. The zero-order chi connectivity index (χ0) is 24.6. The van der Waals surface area contributed by atoms with E-state index in [9.17, 15) is 17.8 Å². The summed E-state index contributed by atoms with van der Waals surface area (Å²) in [6.07, 6.45) is 28.5. The van der Waals surface area contributed by atoms with Crippen molar-refractivity contribution in [2.75, 3.05) is 19.3 Å². The minimum absolute atomic E-state index is 0. The molecule has 5 nitrogen and oxygen atoms in total. The number of amides is 1. The van der Waals surface area contributed by atoms with Crippen LogP contribution in [0.2, 0.25) is 0 Å². The molecule has 1 amide bonds. The van der Waals surface area contributed by atoms with Gasteiger partial charge in [0.1, 0.15) is 0 Å². The number of allylic oxidation sites excluding steroid dienone is 1. The maximum atomic E-state index is 12.0. The van der Waals surface area contributed by atoms with Crippen LogP contribution in [0.1, 0.15) is 135 Å². The number of hydrogen-bond acceptors (Lipinski definition) is 4. The molecular formula is C27H52NNaO4S. The fraction of sp³-hybridized carbons (Fsp3) is 0.889. The summed E-state index contributed by atoms with van der Waals surface area (Å²) >= 11 is 0. The van der Waals surface area contributed by atoms with Crippen molar-refractivity contribution in [2.24, 2.45) is 0 Å². The molecule has 0 atom stereocenters. The maximum Gasteiger partial charge on any atom is 1.00 e. The Hall–Kier alpha value is 0.120. The van der Waals surface area contributed by atoms with E-state index in [-0.39, 0.29) is 41.2 Å². The molecule has 0 aromatic carbocycles. The number of rotatable bonds is 24. The monoisotopic (exact) mass is 509 g/mol. The molecule has 0 rings (SSSR count). The second-order valence-electron chi connectivity index (χ2n) is 9.58. The molecule has 0 heterocycles. The fourth-order valence-corrected chi connectivity index (χ4v) is 4.59. The molecule has 0 saturated heterocycles. The maximum absolute atomic E-state index is 12.0. The van der Waals surface area contributed by atoms with E-state index in [1.165, 1.54) is 103 Å². The summed E-state index contributed by atoms with van der Waals surface area (Å²) in [4.78, 5) is 13.5. The van der Waals surface area contributed by atoms with Gasteiger partial charge in [0.25, 0.3) is 0 Å². The van der Waals surface area contributed by atoms with Crippen molar-refractivity contribution >= 4 is 16.0 Å². The summed E-state index contributed by atoms with van der Waals surface area (Å²) < 4.78 is 31.7. The Kier molecular flexibility index (Phi) is 27.9. The number of carbonyl (C=O) groups excluding carboxylic acids is 1. The van der Waals surface area contributed by atoms with Crippen molar-refractivity contribution in [3.05, 3.63) is 12.2 Å². The van der Waals surface area contributed by atoms with Crippen LogP contribution >= 0.6 is 0 Å². The van der Waals surface area contributed by atoms with E-state index in [1.54, 1.807) is 18.0 Å². The van der Waals surface area contributed by atoms with Crippen LogP contribution in [-0.4, -0.2) is 43.1 Å². The van der Waals surface area contributed by atoms with Gasteiger partial charge < -0.3 is 9.45 Å². The topological polar surface area (TPSA) is 77.5 Å². The molecule has 0 spiro atoms. The third-order valence-electron chi connectivity index (χ3n) is 6.25. The van der Waals surface area contributed by atoms with Gasteiger partial charge >= 0.3 is 29.6 Å². The molecule has 0 N–H and O–H groups in total. The average Bonchev–Trinajstić information content (AvgIpc) is 2.77. The molecule has 0 aliphatic rings. The largest absolute Gasteiger partial charge is 1.00 e. The van der Waals surface area contributed by atoms with Gasteiger partial charge in [0, 0.05) is 19.3 Å². The van der Waals surface area contributed by atoms with Crippen molar-refractivity contribution in [3.8, 4) is 0 Å². The summed E-state index contributed by atoms with van der Waals surface area (Å²) in [5, 5.41) is 0. The van der Waals surface area contributed by atoms with Gasteiger partial charge in [0.15, 0.2) is 0 Å². The van der Waals surface area contributed by atoms with Gasteiger partial charge in [-0.15, -0.1) is 0 Å². The first-order valence-electron chi connectivity index (χ1n) is 13.7. The Bertz CT molecular complexity index is 581. The summed E-state index contributed by atoms with van der Waals surface area (Å²) in [5.41, 5.74) is 0. The number of carbonyl (C=O) groups is 1. The first kappa shape index (κ1) is 36.3. The van der Waals surface area contributed by atoms with Crippen LogP contribution in [0.25, 0.3) is 0 Å². The van der Waals surface area contributed by atoms with Gasteiger partial charge in [-0.3, -0.25) is 4.79 Å². The number of unbranched alkanes of at least 4 members (excludes halogenated alkanes) is 18. The molecule has 0 radical (unpaired) electrons. The molecule has 0 aliphatic carbocycles. The van der Waals surface area contributed by atoms with E-state index >= 15 is 0 Å². The number of hydrogen-bond donors (Lipinski definition) is 0. The first-order valence-corrected chi connectivity index (χ1v) is 15.3. The molecule has 0 fully saturated rings. The molecule has 196 valence electrons. The quantitative estimate of drug-likeness (QED) is 0.0838. The van der Waals surface area contributed by atoms with Gasteiger partial charge in [-0.05, 0) is 31.8 Å². The number of nitrogens with zero attached hydrogens (tertiary/aromatic N) is 1. The molecule has 0 aromatic heterocycles. The Morgan fingerprint density at radius 1 is 0.706 bits per heavy atom. The minimum atomic E-state index is -4.15. The van der Waals surface area contributed by atoms with Crippen LogP contribution < -0.4 is 29.6 Å². The van der Waals surface area contributed by atoms with Crippen LogP contribution in [0.15, 0.2) is 12.2 Å². The molecule has 0 aromatic rings. The average molecular weight is 510 g/mol. The molecule has 0 bridgehead atoms. The Labute approximate surface area is 234 Å². The van der Waals surface area contributed by atoms with Crippen LogP contribution in [0.4, 0.5) is 0 Å². The first-order chi connectivity index (χ1) is 15.9. The molecule has 7 heteroatoms. The fourth-order valence-electron chi connectivity index (χ4n) is 4.04. The second kappa shape index (κ2) is 26.2. The second-order valence-corrected chi connectivity index (χ2v) is 11.1. The zero-order valence-electron chi connectivity index (χ0n) is 22.7.